The molecule has 1 saturated carbocycles. The summed E-state index contributed by atoms with van der Waals surface area (Å²) in [6, 6.07) is 1.93. The zero-order valence-electron chi connectivity index (χ0n) is 9.99. The van der Waals surface area contributed by atoms with Crippen molar-refractivity contribution >= 4 is 17.3 Å². The van der Waals surface area contributed by atoms with E-state index in [1.807, 2.05) is 6.07 Å². The fourth-order valence-electron chi connectivity index (χ4n) is 2.77. The summed E-state index contributed by atoms with van der Waals surface area (Å²) in [5, 5.41) is 6.40. The molecule has 0 radical (unpaired) electrons. The van der Waals surface area contributed by atoms with Crippen LogP contribution in [0.15, 0.2) is 18.5 Å². The second-order valence-electron chi connectivity index (χ2n) is 5.27. The number of nitrogens with zero attached hydrogens (tertiary/aromatic N) is 1. The van der Waals surface area contributed by atoms with Gasteiger partial charge in [-0.05, 0) is 37.7 Å². The van der Waals surface area contributed by atoms with Crippen LogP contribution in [0.3, 0.4) is 0 Å². The highest BCUT2D eigenvalue weighted by atomic mass is 16.2. The van der Waals surface area contributed by atoms with Crippen LogP contribution in [-0.2, 0) is 4.79 Å². The molecule has 1 fully saturated rings. The maximum atomic E-state index is 12.2. The smallest absolute Gasteiger partial charge is 0.250 e. The van der Waals surface area contributed by atoms with E-state index in [0.29, 0.717) is 0 Å². The third kappa shape index (κ3) is 1.68. The molecule has 1 aliphatic carbocycles. The fourth-order valence-corrected chi connectivity index (χ4v) is 2.77. The molecule has 1 amide bonds. The van der Waals surface area contributed by atoms with Gasteiger partial charge >= 0.3 is 0 Å². The average Bonchev–Trinajstić information content (AvgIpc) is 2.34. The van der Waals surface area contributed by atoms with E-state index < -0.39 is 0 Å². The lowest BCUT2D eigenvalue weighted by atomic mass is 9.75. The quantitative estimate of drug-likeness (QED) is 0.721. The van der Waals surface area contributed by atoms with Crippen molar-refractivity contribution < 1.29 is 4.79 Å². The normalized spacial score (nSPS) is 31.6. The zero-order chi connectivity index (χ0) is 11.9. The SMILES string of the molecule is CC1CCC2(CC1)Nc1ccncc1NC2=O. The Kier molecular flexibility index (Phi) is 2.31. The third-order valence-corrected chi connectivity index (χ3v) is 4.01. The van der Waals surface area contributed by atoms with Crippen LogP contribution in [0.25, 0.3) is 0 Å². The molecule has 2 N–H and O–H groups in total. The minimum absolute atomic E-state index is 0.102. The number of carbonyl (C=O) groups excluding carboxylic acids is 1. The van der Waals surface area contributed by atoms with Crippen LogP contribution >= 0.6 is 0 Å². The number of aromatic nitrogens is 1. The summed E-state index contributed by atoms with van der Waals surface area (Å²) in [7, 11) is 0. The van der Waals surface area contributed by atoms with Crippen molar-refractivity contribution in [1.29, 1.82) is 0 Å². The Labute approximate surface area is 101 Å². The van der Waals surface area contributed by atoms with E-state index >= 15 is 0 Å². The Hall–Kier alpha value is -1.58. The van der Waals surface area contributed by atoms with Crippen LogP contribution in [0.2, 0.25) is 0 Å². The van der Waals surface area contributed by atoms with Crippen molar-refractivity contribution in [3.05, 3.63) is 18.5 Å². The van der Waals surface area contributed by atoms with Gasteiger partial charge < -0.3 is 10.6 Å². The molecule has 0 saturated heterocycles. The van der Waals surface area contributed by atoms with Gasteiger partial charge in [0.15, 0.2) is 0 Å². The topological polar surface area (TPSA) is 54.0 Å². The molecule has 90 valence electrons. The number of pyridine rings is 1. The highest BCUT2D eigenvalue weighted by molar-refractivity contribution is 6.05. The van der Waals surface area contributed by atoms with Crippen molar-refractivity contribution in [1.82, 2.24) is 4.98 Å². The van der Waals surface area contributed by atoms with Gasteiger partial charge in [0.2, 0.25) is 5.91 Å². The minimum atomic E-state index is -0.388. The highest BCUT2D eigenvalue weighted by Crippen LogP contribution is 2.39. The predicted molar refractivity (Wildman–Crippen MR) is 66.9 cm³/mol. The zero-order valence-corrected chi connectivity index (χ0v) is 9.99. The Morgan fingerprint density at radius 3 is 2.88 bits per heavy atom. The molecule has 2 heterocycles. The molecule has 1 aliphatic heterocycles. The Bertz CT molecular complexity index is 450. The highest BCUT2D eigenvalue weighted by Gasteiger charge is 2.43. The van der Waals surface area contributed by atoms with E-state index in [0.717, 1.165) is 43.0 Å². The standard InChI is InChI=1S/C13H17N3O/c1-9-2-5-13(6-3-9)12(17)15-11-8-14-7-4-10(11)16-13/h4,7-9,16H,2-3,5-6H2,1H3,(H,15,17). The average molecular weight is 231 g/mol. The summed E-state index contributed by atoms with van der Waals surface area (Å²) in [6.45, 7) is 2.26. The van der Waals surface area contributed by atoms with E-state index in [1.54, 1.807) is 12.4 Å². The summed E-state index contributed by atoms with van der Waals surface area (Å²) >= 11 is 0. The molecule has 0 aromatic carbocycles. The molecule has 0 unspecified atom stereocenters. The van der Waals surface area contributed by atoms with Gasteiger partial charge in [-0.3, -0.25) is 9.78 Å². The van der Waals surface area contributed by atoms with E-state index in [9.17, 15) is 4.79 Å². The van der Waals surface area contributed by atoms with Gasteiger partial charge in [-0.15, -0.1) is 0 Å². The fraction of sp³-hybridized carbons (Fsp3) is 0.538. The van der Waals surface area contributed by atoms with Gasteiger partial charge in [0.05, 0.1) is 17.6 Å². The lowest BCUT2D eigenvalue weighted by molar-refractivity contribution is -0.121. The predicted octanol–water partition coefficient (Wildman–Crippen LogP) is 2.39. The van der Waals surface area contributed by atoms with Crippen LogP contribution in [0, 0.1) is 5.92 Å². The summed E-state index contributed by atoms with van der Waals surface area (Å²) in [4.78, 5) is 16.3. The largest absolute Gasteiger partial charge is 0.369 e. The first-order valence-corrected chi connectivity index (χ1v) is 6.23. The van der Waals surface area contributed by atoms with Crippen molar-refractivity contribution in [2.45, 2.75) is 38.1 Å². The van der Waals surface area contributed by atoms with Crippen LogP contribution in [0.1, 0.15) is 32.6 Å². The molecule has 1 spiro atoms. The molecule has 4 heteroatoms. The van der Waals surface area contributed by atoms with Gasteiger partial charge in [0, 0.05) is 6.20 Å². The van der Waals surface area contributed by atoms with E-state index in [-0.39, 0.29) is 11.4 Å². The number of carbonyl (C=O) groups is 1. The molecule has 1 aromatic rings. The van der Waals surface area contributed by atoms with Gasteiger partial charge in [-0.1, -0.05) is 6.92 Å². The maximum Gasteiger partial charge on any atom is 0.250 e. The molecule has 0 atom stereocenters. The molecule has 2 aliphatic rings. The molecule has 4 nitrogen and oxygen atoms in total. The number of anilines is 2. The summed E-state index contributed by atoms with van der Waals surface area (Å²) in [6.07, 6.45) is 7.51. The number of hydrogen-bond donors (Lipinski definition) is 2. The van der Waals surface area contributed by atoms with Gasteiger partial charge in [-0.2, -0.15) is 0 Å². The number of hydrogen-bond acceptors (Lipinski definition) is 3. The lowest BCUT2D eigenvalue weighted by Crippen LogP contribution is -2.54. The molecule has 3 rings (SSSR count). The first-order chi connectivity index (χ1) is 8.20. The van der Waals surface area contributed by atoms with E-state index in [2.05, 4.69) is 22.5 Å². The van der Waals surface area contributed by atoms with Crippen molar-refractivity contribution in [2.75, 3.05) is 10.6 Å². The van der Waals surface area contributed by atoms with Crippen LogP contribution in [0.5, 0.6) is 0 Å². The Balaban J connectivity index is 1.91. The number of amides is 1. The van der Waals surface area contributed by atoms with E-state index in [4.69, 9.17) is 0 Å². The second-order valence-corrected chi connectivity index (χ2v) is 5.27. The van der Waals surface area contributed by atoms with Crippen molar-refractivity contribution in [3.63, 3.8) is 0 Å². The second kappa shape index (κ2) is 3.72. The number of fused-ring (bicyclic) bond motifs is 1. The molecular formula is C13H17N3O. The van der Waals surface area contributed by atoms with E-state index in [1.165, 1.54) is 0 Å². The summed E-state index contributed by atoms with van der Waals surface area (Å²) in [5.41, 5.74) is 1.40. The van der Waals surface area contributed by atoms with Crippen molar-refractivity contribution in [2.24, 2.45) is 5.92 Å². The number of nitrogens with one attached hydrogen (secondary N) is 2. The van der Waals surface area contributed by atoms with Gasteiger partial charge in [0.25, 0.3) is 0 Å². The monoisotopic (exact) mass is 231 g/mol. The lowest BCUT2D eigenvalue weighted by Gasteiger charge is -2.42. The number of rotatable bonds is 0. The first kappa shape index (κ1) is 10.6. The van der Waals surface area contributed by atoms with Gasteiger partial charge in [-0.25, -0.2) is 0 Å². The molecule has 1 aromatic heterocycles. The Morgan fingerprint density at radius 2 is 2.12 bits per heavy atom. The summed E-state index contributed by atoms with van der Waals surface area (Å²) in [5.74, 6) is 0.832. The maximum absolute atomic E-state index is 12.2. The van der Waals surface area contributed by atoms with Crippen LogP contribution in [-0.4, -0.2) is 16.4 Å². The Morgan fingerprint density at radius 1 is 1.35 bits per heavy atom. The van der Waals surface area contributed by atoms with Crippen LogP contribution < -0.4 is 10.6 Å². The van der Waals surface area contributed by atoms with Crippen molar-refractivity contribution in [3.8, 4) is 0 Å². The summed E-state index contributed by atoms with van der Waals surface area (Å²) < 4.78 is 0. The third-order valence-electron chi connectivity index (χ3n) is 4.01. The van der Waals surface area contributed by atoms with Crippen LogP contribution in [0.4, 0.5) is 11.4 Å². The molecule has 0 bridgehead atoms. The minimum Gasteiger partial charge on any atom is -0.369 e. The van der Waals surface area contributed by atoms with Gasteiger partial charge in [0.1, 0.15) is 5.54 Å². The molecular weight excluding hydrogens is 214 g/mol. The first-order valence-electron chi connectivity index (χ1n) is 6.23. The molecule has 17 heavy (non-hydrogen) atoms.